The van der Waals surface area contributed by atoms with Gasteiger partial charge in [-0.05, 0) is 0 Å². The van der Waals surface area contributed by atoms with Crippen LogP contribution in [0.15, 0.2) is 19.6 Å². The Kier molecular flexibility index (Phi) is 7.70. The standard InChI is InChI=1S/C6Cl10/c7-1(2(8)4(10)11)3(9)5(12,13)6(14,15)16/b3-1+. The minimum absolute atomic E-state index is 0.269. The average Bonchev–Trinajstić information content (AvgIpc) is 2.12. The van der Waals surface area contributed by atoms with Gasteiger partial charge in [0.05, 0.1) is 15.1 Å². The maximum absolute atomic E-state index is 5.74. The van der Waals surface area contributed by atoms with Crippen LogP contribution < -0.4 is 0 Å². The van der Waals surface area contributed by atoms with Gasteiger partial charge in [-0.3, -0.25) is 0 Å². The van der Waals surface area contributed by atoms with E-state index in [2.05, 4.69) is 0 Å². The molecular formula is C6Cl10. The van der Waals surface area contributed by atoms with Gasteiger partial charge < -0.3 is 0 Å². The van der Waals surface area contributed by atoms with E-state index in [1.165, 1.54) is 0 Å². The van der Waals surface area contributed by atoms with Crippen LogP contribution in [-0.2, 0) is 0 Å². The van der Waals surface area contributed by atoms with Crippen molar-refractivity contribution < 1.29 is 0 Å². The molecule has 0 aliphatic heterocycles. The van der Waals surface area contributed by atoms with Gasteiger partial charge in [0.25, 0.3) is 0 Å². The highest BCUT2D eigenvalue weighted by Crippen LogP contribution is 2.53. The van der Waals surface area contributed by atoms with Crippen LogP contribution in [0.2, 0.25) is 0 Å². The van der Waals surface area contributed by atoms with Crippen molar-refractivity contribution in [1.29, 1.82) is 0 Å². The summed E-state index contributed by atoms with van der Waals surface area (Å²) < 4.78 is -4.55. The highest BCUT2D eigenvalue weighted by molar-refractivity contribution is 6.78. The van der Waals surface area contributed by atoms with Crippen LogP contribution in [0.4, 0.5) is 0 Å². The van der Waals surface area contributed by atoms with Gasteiger partial charge in [0, 0.05) is 0 Å². The lowest BCUT2D eigenvalue weighted by Crippen LogP contribution is -2.31. The molecule has 0 radical (unpaired) electrons. The summed E-state index contributed by atoms with van der Waals surface area (Å²) in [5, 5.41) is -1.00. The summed E-state index contributed by atoms with van der Waals surface area (Å²) in [6.07, 6.45) is 0. The van der Waals surface area contributed by atoms with Gasteiger partial charge >= 0.3 is 0 Å². The largest absolute Gasteiger partial charge is 0.228 e. The highest BCUT2D eigenvalue weighted by Gasteiger charge is 2.50. The van der Waals surface area contributed by atoms with E-state index in [9.17, 15) is 0 Å². The first-order chi connectivity index (χ1) is 6.93. The first-order valence-electron chi connectivity index (χ1n) is 3.14. The zero-order valence-corrected chi connectivity index (χ0v) is 14.3. The van der Waals surface area contributed by atoms with E-state index in [0.29, 0.717) is 0 Å². The van der Waals surface area contributed by atoms with Gasteiger partial charge in [-0.1, -0.05) is 116 Å². The fourth-order valence-corrected chi connectivity index (χ4v) is 2.06. The molecule has 0 bridgehead atoms. The minimum Gasteiger partial charge on any atom is -0.0904 e. The quantitative estimate of drug-likeness (QED) is 0.326. The molecule has 0 atom stereocenters. The van der Waals surface area contributed by atoms with Gasteiger partial charge in [-0.15, -0.1) is 0 Å². The van der Waals surface area contributed by atoms with E-state index in [0.717, 1.165) is 0 Å². The van der Waals surface area contributed by atoms with Gasteiger partial charge in [0.1, 0.15) is 4.49 Å². The molecule has 10 heteroatoms. The number of allylic oxidation sites excluding steroid dienone is 3. The van der Waals surface area contributed by atoms with Gasteiger partial charge in [0.2, 0.25) is 8.13 Å². The Bertz CT molecular complexity index is 328. The van der Waals surface area contributed by atoms with Crippen LogP contribution in [0, 0.1) is 0 Å². The van der Waals surface area contributed by atoms with Gasteiger partial charge in [-0.2, -0.15) is 0 Å². The van der Waals surface area contributed by atoms with Crippen LogP contribution in [0.25, 0.3) is 0 Å². The third-order valence-electron chi connectivity index (χ3n) is 1.18. The van der Waals surface area contributed by atoms with Crippen LogP contribution in [-0.4, -0.2) is 8.13 Å². The van der Waals surface area contributed by atoms with Crippen molar-refractivity contribution in [2.45, 2.75) is 8.13 Å². The first-order valence-corrected chi connectivity index (χ1v) is 6.92. The van der Waals surface area contributed by atoms with Crippen LogP contribution in [0.1, 0.15) is 0 Å². The fourth-order valence-electron chi connectivity index (χ4n) is 0.442. The lowest BCUT2D eigenvalue weighted by Gasteiger charge is -2.27. The summed E-state index contributed by atoms with van der Waals surface area (Å²) in [6, 6.07) is 0. The van der Waals surface area contributed by atoms with E-state index >= 15 is 0 Å². The molecule has 0 spiro atoms. The van der Waals surface area contributed by atoms with Crippen molar-refractivity contribution in [2.75, 3.05) is 0 Å². The van der Waals surface area contributed by atoms with Crippen molar-refractivity contribution in [2.24, 2.45) is 0 Å². The summed E-state index contributed by atoms with van der Waals surface area (Å²) in [5.74, 6) is 0. The van der Waals surface area contributed by atoms with Crippen molar-refractivity contribution in [3.8, 4) is 0 Å². The SMILES string of the molecule is ClC(Cl)=C(Cl)/C(Cl)=C(\Cl)C(Cl)(Cl)C(Cl)(Cl)Cl. The van der Waals surface area contributed by atoms with Crippen molar-refractivity contribution >= 4 is 116 Å². The molecule has 0 amide bonds. The Morgan fingerprint density at radius 1 is 0.625 bits per heavy atom. The third kappa shape index (κ3) is 4.49. The third-order valence-corrected chi connectivity index (χ3v) is 5.75. The predicted molar refractivity (Wildman–Crippen MR) is 78.0 cm³/mol. The number of halogens is 10. The summed E-state index contributed by atoms with van der Waals surface area (Å²) in [7, 11) is 0. The number of hydrogen-bond acceptors (Lipinski definition) is 0. The van der Waals surface area contributed by atoms with E-state index in [1.807, 2.05) is 0 Å². The van der Waals surface area contributed by atoms with Crippen molar-refractivity contribution in [3.05, 3.63) is 19.6 Å². The Morgan fingerprint density at radius 3 is 1.25 bits per heavy atom. The first kappa shape index (κ1) is 18.4. The van der Waals surface area contributed by atoms with E-state index in [1.54, 1.807) is 0 Å². The molecule has 0 aliphatic rings. The summed E-state index contributed by atoms with van der Waals surface area (Å²) >= 11 is 55.8. The molecule has 0 aromatic carbocycles. The summed E-state index contributed by atoms with van der Waals surface area (Å²) in [4.78, 5) is 0. The molecule has 0 rings (SSSR count). The second kappa shape index (κ2) is 6.70. The number of rotatable bonds is 2. The molecule has 94 valence electrons. The summed E-state index contributed by atoms with van der Waals surface area (Å²) in [5.41, 5.74) is 0. The zero-order chi connectivity index (χ0) is 13.3. The Balaban J connectivity index is 5.60. The molecule has 0 unspecified atom stereocenters. The predicted octanol–water partition coefficient (Wildman–Crippen LogP) is 7.11. The molecule has 0 heterocycles. The second-order valence-corrected chi connectivity index (χ2v) is 7.97. The zero-order valence-electron chi connectivity index (χ0n) is 6.78. The van der Waals surface area contributed by atoms with E-state index < -0.39 is 13.2 Å². The molecule has 0 fully saturated rings. The minimum atomic E-state index is -2.12. The Labute approximate surface area is 142 Å². The lowest BCUT2D eigenvalue weighted by atomic mass is 10.3. The van der Waals surface area contributed by atoms with Gasteiger partial charge in [0.15, 0.2) is 0 Å². The molecule has 0 aromatic rings. The number of alkyl halides is 5. The Hall–Kier alpha value is 2.38. The lowest BCUT2D eigenvalue weighted by molar-refractivity contribution is 0.969. The van der Waals surface area contributed by atoms with Crippen LogP contribution in [0.5, 0.6) is 0 Å². The van der Waals surface area contributed by atoms with Gasteiger partial charge in [-0.25, -0.2) is 0 Å². The number of hydrogen-bond donors (Lipinski definition) is 0. The van der Waals surface area contributed by atoms with Crippen molar-refractivity contribution in [1.82, 2.24) is 0 Å². The van der Waals surface area contributed by atoms with Crippen LogP contribution >= 0.6 is 116 Å². The highest BCUT2D eigenvalue weighted by atomic mass is 35.6. The molecule has 16 heavy (non-hydrogen) atoms. The molecule has 0 aliphatic carbocycles. The molecule has 0 N–H and O–H groups in total. The van der Waals surface area contributed by atoms with Crippen molar-refractivity contribution in [3.63, 3.8) is 0 Å². The average molecular weight is 427 g/mol. The smallest absolute Gasteiger partial charge is 0.0904 e. The molecule has 0 nitrogen and oxygen atoms in total. The maximum atomic E-state index is 5.74. The Morgan fingerprint density at radius 2 is 1.00 bits per heavy atom. The summed E-state index contributed by atoms with van der Waals surface area (Å²) in [6.45, 7) is 0. The van der Waals surface area contributed by atoms with E-state index in [4.69, 9.17) is 116 Å². The molecule has 0 saturated heterocycles. The molecule has 0 aromatic heterocycles. The van der Waals surface area contributed by atoms with Crippen LogP contribution in [0.3, 0.4) is 0 Å². The molecular weight excluding hydrogens is 427 g/mol. The molecule has 0 saturated carbocycles. The normalized spacial score (nSPS) is 14.6. The fraction of sp³-hybridized carbons (Fsp3) is 0.333. The second-order valence-electron chi connectivity index (χ2n) is 2.27. The maximum Gasteiger partial charge on any atom is 0.228 e. The monoisotopic (exact) mass is 422 g/mol. The van der Waals surface area contributed by atoms with E-state index in [-0.39, 0.29) is 14.6 Å². The topological polar surface area (TPSA) is 0 Å².